The van der Waals surface area contributed by atoms with E-state index in [4.69, 9.17) is 9.47 Å². The van der Waals surface area contributed by atoms with Gasteiger partial charge in [0.2, 0.25) is 10.0 Å². The molecule has 0 bridgehead atoms. The van der Waals surface area contributed by atoms with Gasteiger partial charge >= 0.3 is 5.97 Å². The molecule has 0 spiro atoms. The van der Waals surface area contributed by atoms with Crippen LogP contribution in [-0.4, -0.2) is 50.7 Å². The maximum Gasteiger partial charge on any atom is 0.310 e. The molecule has 0 amide bonds. The Morgan fingerprint density at radius 2 is 2.04 bits per heavy atom. The number of sulfonamides is 1. The van der Waals surface area contributed by atoms with Crippen LogP contribution in [0.5, 0.6) is 5.75 Å². The monoisotopic (exact) mass is 341 g/mol. The second kappa shape index (κ2) is 7.79. The van der Waals surface area contributed by atoms with Crippen LogP contribution in [0, 0.1) is 5.92 Å². The third kappa shape index (κ3) is 5.51. The van der Waals surface area contributed by atoms with E-state index in [1.807, 2.05) is 30.3 Å². The number of hydrogen-bond acceptors (Lipinski definition) is 5. The molecule has 7 heteroatoms. The van der Waals surface area contributed by atoms with Crippen LogP contribution in [0.2, 0.25) is 0 Å². The lowest BCUT2D eigenvalue weighted by Crippen LogP contribution is -2.43. The Morgan fingerprint density at radius 1 is 1.35 bits per heavy atom. The number of carbonyl (C=O) groups is 1. The first-order chi connectivity index (χ1) is 10.9. The summed E-state index contributed by atoms with van der Waals surface area (Å²) in [5.41, 5.74) is 0. The van der Waals surface area contributed by atoms with Crippen molar-refractivity contribution in [1.29, 1.82) is 0 Å². The van der Waals surface area contributed by atoms with Gasteiger partial charge in [0, 0.05) is 13.1 Å². The zero-order valence-electron chi connectivity index (χ0n) is 13.5. The van der Waals surface area contributed by atoms with Crippen molar-refractivity contribution in [3.8, 4) is 5.75 Å². The lowest BCUT2D eigenvalue weighted by molar-refractivity contribution is -0.155. The van der Waals surface area contributed by atoms with E-state index in [2.05, 4.69) is 0 Å². The summed E-state index contributed by atoms with van der Waals surface area (Å²) < 4.78 is 35.5. The minimum Gasteiger partial charge on any atom is -0.490 e. The fraction of sp³-hybridized carbons (Fsp3) is 0.562. The summed E-state index contributed by atoms with van der Waals surface area (Å²) in [6.45, 7) is 2.69. The van der Waals surface area contributed by atoms with Crippen molar-refractivity contribution >= 4 is 16.0 Å². The maximum atomic E-state index is 12.2. The van der Waals surface area contributed by atoms with E-state index in [9.17, 15) is 13.2 Å². The average molecular weight is 341 g/mol. The molecule has 0 N–H and O–H groups in total. The highest BCUT2D eigenvalue weighted by Gasteiger charge is 2.31. The highest BCUT2D eigenvalue weighted by Crippen LogP contribution is 2.20. The number of rotatable bonds is 6. The second-order valence-corrected chi connectivity index (χ2v) is 7.81. The maximum absolute atomic E-state index is 12.2. The number of esters is 1. The molecular weight excluding hydrogens is 318 g/mol. The highest BCUT2D eigenvalue weighted by molar-refractivity contribution is 7.88. The van der Waals surface area contributed by atoms with Gasteiger partial charge in [-0.2, -0.15) is 0 Å². The Labute approximate surface area is 137 Å². The predicted molar refractivity (Wildman–Crippen MR) is 86.6 cm³/mol. The van der Waals surface area contributed by atoms with Crippen LogP contribution in [-0.2, 0) is 19.6 Å². The van der Waals surface area contributed by atoms with Crippen molar-refractivity contribution in [3.05, 3.63) is 30.3 Å². The number of ether oxygens (including phenoxy) is 2. The molecule has 0 aromatic heterocycles. The van der Waals surface area contributed by atoms with Gasteiger partial charge in [0.05, 0.1) is 12.2 Å². The molecular formula is C16H23NO5S. The normalized spacial score (nSPS) is 20.7. The van der Waals surface area contributed by atoms with E-state index in [0.717, 1.165) is 12.0 Å². The Kier molecular flexibility index (Phi) is 6.01. The first kappa shape index (κ1) is 17.7. The van der Waals surface area contributed by atoms with Crippen LogP contribution in [0.15, 0.2) is 30.3 Å². The number of nitrogens with zero attached hydrogens (tertiary/aromatic N) is 1. The van der Waals surface area contributed by atoms with Gasteiger partial charge in [0.1, 0.15) is 18.5 Å². The number of benzene rings is 1. The Balaban J connectivity index is 1.81. The summed E-state index contributed by atoms with van der Waals surface area (Å²) in [5.74, 6) is -0.0449. The lowest BCUT2D eigenvalue weighted by Gasteiger charge is -2.30. The number of piperidine rings is 1. The molecule has 1 heterocycles. The molecule has 0 radical (unpaired) electrons. The SMILES string of the molecule is CC(COc1ccccc1)OC(=O)C1CCCN(S(C)(=O)=O)C1. The van der Waals surface area contributed by atoms with Gasteiger partial charge in [-0.1, -0.05) is 18.2 Å². The van der Waals surface area contributed by atoms with Crippen molar-refractivity contribution in [2.45, 2.75) is 25.9 Å². The van der Waals surface area contributed by atoms with Crippen LogP contribution in [0.4, 0.5) is 0 Å². The van der Waals surface area contributed by atoms with Gasteiger partial charge in [0.25, 0.3) is 0 Å². The predicted octanol–water partition coefficient (Wildman–Crippen LogP) is 1.67. The quantitative estimate of drug-likeness (QED) is 0.736. The summed E-state index contributed by atoms with van der Waals surface area (Å²) in [5, 5.41) is 0. The molecule has 1 fully saturated rings. The van der Waals surface area contributed by atoms with Crippen molar-refractivity contribution in [2.24, 2.45) is 5.92 Å². The average Bonchev–Trinajstić information content (AvgIpc) is 2.53. The van der Waals surface area contributed by atoms with Gasteiger partial charge in [-0.25, -0.2) is 12.7 Å². The molecule has 1 saturated heterocycles. The van der Waals surface area contributed by atoms with Gasteiger partial charge in [-0.05, 0) is 31.9 Å². The molecule has 2 unspecified atom stereocenters. The number of para-hydroxylation sites is 1. The van der Waals surface area contributed by atoms with Crippen molar-refractivity contribution in [2.75, 3.05) is 26.0 Å². The molecule has 1 aromatic rings. The molecule has 0 saturated carbocycles. The Bertz CT molecular complexity index is 617. The van der Waals surface area contributed by atoms with E-state index in [1.54, 1.807) is 6.92 Å². The van der Waals surface area contributed by atoms with Crippen LogP contribution in [0.3, 0.4) is 0 Å². The molecule has 2 atom stereocenters. The topological polar surface area (TPSA) is 72.9 Å². The van der Waals surface area contributed by atoms with E-state index in [0.29, 0.717) is 19.4 Å². The third-order valence-electron chi connectivity index (χ3n) is 3.73. The van der Waals surface area contributed by atoms with Gasteiger partial charge in [0.15, 0.2) is 0 Å². The zero-order valence-corrected chi connectivity index (χ0v) is 14.3. The zero-order chi connectivity index (χ0) is 16.9. The fourth-order valence-electron chi connectivity index (χ4n) is 2.49. The minimum absolute atomic E-state index is 0.198. The fourth-order valence-corrected chi connectivity index (χ4v) is 3.41. The third-order valence-corrected chi connectivity index (χ3v) is 5.00. The van der Waals surface area contributed by atoms with Crippen LogP contribution in [0.25, 0.3) is 0 Å². The Morgan fingerprint density at radius 3 is 2.70 bits per heavy atom. The van der Waals surface area contributed by atoms with E-state index < -0.39 is 22.0 Å². The molecule has 2 rings (SSSR count). The minimum atomic E-state index is -3.27. The van der Waals surface area contributed by atoms with Crippen molar-refractivity contribution in [3.63, 3.8) is 0 Å². The van der Waals surface area contributed by atoms with Gasteiger partial charge < -0.3 is 9.47 Å². The van der Waals surface area contributed by atoms with Gasteiger partial charge in [-0.3, -0.25) is 4.79 Å². The van der Waals surface area contributed by atoms with Crippen LogP contribution < -0.4 is 4.74 Å². The first-order valence-corrected chi connectivity index (χ1v) is 9.54. The van der Waals surface area contributed by atoms with E-state index >= 15 is 0 Å². The van der Waals surface area contributed by atoms with Crippen LogP contribution >= 0.6 is 0 Å². The molecule has 23 heavy (non-hydrogen) atoms. The smallest absolute Gasteiger partial charge is 0.310 e. The summed E-state index contributed by atoms with van der Waals surface area (Å²) >= 11 is 0. The summed E-state index contributed by atoms with van der Waals surface area (Å²) in [7, 11) is -3.27. The molecule has 1 aliphatic rings. The summed E-state index contributed by atoms with van der Waals surface area (Å²) in [6, 6.07) is 9.30. The van der Waals surface area contributed by atoms with Crippen molar-refractivity contribution < 1.29 is 22.7 Å². The second-order valence-electron chi connectivity index (χ2n) is 5.83. The van der Waals surface area contributed by atoms with Gasteiger partial charge in [-0.15, -0.1) is 0 Å². The molecule has 6 nitrogen and oxygen atoms in total. The van der Waals surface area contributed by atoms with E-state index in [-0.39, 0.29) is 19.1 Å². The molecule has 0 aliphatic carbocycles. The van der Waals surface area contributed by atoms with Crippen LogP contribution in [0.1, 0.15) is 19.8 Å². The van der Waals surface area contributed by atoms with Crippen molar-refractivity contribution in [1.82, 2.24) is 4.31 Å². The highest BCUT2D eigenvalue weighted by atomic mass is 32.2. The molecule has 1 aromatic carbocycles. The van der Waals surface area contributed by atoms with E-state index in [1.165, 1.54) is 4.31 Å². The summed E-state index contributed by atoms with van der Waals surface area (Å²) in [6.07, 6.45) is 2.09. The largest absolute Gasteiger partial charge is 0.490 e. The molecule has 128 valence electrons. The summed E-state index contributed by atoms with van der Waals surface area (Å²) in [4.78, 5) is 12.2. The first-order valence-electron chi connectivity index (χ1n) is 7.69. The molecule has 1 aliphatic heterocycles. The number of carbonyl (C=O) groups excluding carboxylic acids is 1. The lowest BCUT2D eigenvalue weighted by atomic mass is 10.00. The standard InChI is InChI=1S/C16H23NO5S/c1-13(12-21-15-8-4-3-5-9-15)22-16(18)14-7-6-10-17(11-14)23(2,19)20/h3-5,8-9,13-14H,6-7,10-12H2,1-2H3. The Hall–Kier alpha value is -1.60. The number of hydrogen-bond donors (Lipinski definition) is 0.